The van der Waals surface area contributed by atoms with E-state index in [1.165, 1.54) is 29.9 Å². The third-order valence-electron chi connectivity index (χ3n) is 5.28. The topological polar surface area (TPSA) is 67.3 Å². The smallest absolute Gasteiger partial charge is 0.293 e. The number of hydrogen-bond donors (Lipinski definition) is 0. The molecule has 0 bridgehead atoms. The molecule has 1 saturated carbocycles. The first-order valence-electron chi connectivity index (χ1n) is 10.2. The summed E-state index contributed by atoms with van der Waals surface area (Å²) in [6.07, 6.45) is 3.55. The Kier molecular flexibility index (Phi) is 5.78. The van der Waals surface area contributed by atoms with Gasteiger partial charge >= 0.3 is 0 Å². The van der Waals surface area contributed by atoms with Crippen LogP contribution in [0.1, 0.15) is 57.5 Å². The average Bonchev–Trinajstić information content (AvgIpc) is 3.41. The average molecular weight is 403 g/mol. The van der Waals surface area contributed by atoms with Crippen LogP contribution in [0.15, 0.2) is 11.6 Å². The zero-order chi connectivity index (χ0) is 19.6. The van der Waals surface area contributed by atoms with E-state index in [2.05, 4.69) is 46.8 Å². The highest BCUT2D eigenvalue weighted by molar-refractivity contribution is 7.11. The lowest BCUT2D eigenvalue weighted by atomic mass is 9.95. The van der Waals surface area contributed by atoms with E-state index < -0.39 is 0 Å². The molecule has 0 spiro atoms. The van der Waals surface area contributed by atoms with Crippen LogP contribution in [0.5, 0.6) is 5.19 Å². The molecule has 0 amide bonds. The highest BCUT2D eigenvalue weighted by atomic mass is 32.1. The number of nitrogens with zero attached hydrogens (tertiary/aromatic N) is 6. The maximum atomic E-state index is 5.60. The molecule has 2 aliphatic rings. The lowest BCUT2D eigenvalue weighted by Gasteiger charge is -2.36. The highest BCUT2D eigenvalue weighted by Crippen LogP contribution is 2.40. The fraction of sp³-hybridized carbons (Fsp3) is 0.700. The molecule has 0 N–H and O–H groups in total. The SMILES string of the molecule is CC(C)(C)c1nc(C2CC2)cc(N2CCN(CCCOc3nncs3)CC2)n1. The number of piperazine rings is 1. The molecule has 0 radical (unpaired) electrons. The molecule has 2 fully saturated rings. The standard InChI is InChI=1S/C20H30N6OS/c1-20(2,3)18-22-16(15-5-6-15)13-17(23-18)26-10-8-25(9-11-26)7-4-12-27-19-24-21-14-28-19/h13-15H,4-12H2,1-3H3. The van der Waals surface area contributed by atoms with Gasteiger partial charge in [0.25, 0.3) is 5.19 Å². The van der Waals surface area contributed by atoms with Crippen LogP contribution in [0, 0.1) is 0 Å². The van der Waals surface area contributed by atoms with Gasteiger partial charge in [-0.05, 0) is 19.3 Å². The van der Waals surface area contributed by atoms with Gasteiger partial charge in [-0.25, -0.2) is 9.97 Å². The quantitative estimate of drug-likeness (QED) is 0.659. The third kappa shape index (κ3) is 4.97. The van der Waals surface area contributed by atoms with E-state index in [0.717, 1.165) is 50.8 Å². The molecule has 7 nitrogen and oxygen atoms in total. The van der Waals surface area contributed by atoms with E-state index >= 15 is 0 Å². The number of rotatable bonds is 7. The molecule has 1 saturated heterocycles. The van der Waals surface area contributed by atoms with Crippen LogP contribution in [0.2, 0.25) is 0 Å². The summed E-state index contributed by atoms with van der Waals surface area (Å²) >= 11 is 1.44. The Hall–Kier alpha value is -1.80. The van der Waals surface area contributed by atoms with Crippen LogP contribution in [0.25, 0.3) is 0 Å². The molecule has 152 valence electrons. The zero-order valence-electron chi connectivity index (χ0n) is 17.1. The molecule has 0 aromatic carbocycles. The first kappa shape index (κ1) is 19.5. The van der Waals surface area contributed by atoms with Crippen LogP contribution in [-0.4, -0.2) is 64.4 Å². The van der Waals surface area contributed by atoms with E-state index in [1.54, 1.807) is 5.51 Å². The Balaban J connectivity index is 1.30. The molecule has 4 rings (SSSR count). The van der Waals surface area contributed by atoms with Gasteiger partial charge in [-0.1, -0.05) is 32.1 Å². The minimum absolute atomic E-state index is 0.0194. The van der Waals surface area contributed by atoms with E-state index in [-0.39, 0.29) is 5.41 Å². The Morgan fingerprint density at radius 3 is 2.57 bits per heavy atom. The first-order chi connectivity index (χ1) is 13.5. The maximum absolute atomic E-state index is 5.60. The van der Waals surface area contributed by atoms with Crippen LogP contribution < -0.4 is 9.64 Å². The van der Waals surface area contributed by atoms with E-state index in [0.29, 0.717) is 17.7 Å². The minimum Gasteiger partial charge on any atom is -0.469 e. The Labute approximate surface area is 171 Å². The fourth-order valence-electron chi connectivity index (χ4n) is 3.41. The van der Waals surface area contributed by atoms with Crippen molar-refractivity contribution in [2.24, 2.45) is 0 Å². The summed E-state index contributed by atoms with van der Waals surface area (Å²) in [6.45, 7) is 12.5. The Morgan fingerprint density at radius 1 is 1.14 bits per heavy atom. The molecule has 1 aliphatic carbocycles. The van der Waals surface area contributed by atoms with Crippen LogP contribution >= 0.6 is 11.3 Å². The van der Waals surface area contributed by atoms with Gasteiger partial charge in [-0.3, -0.25) is 4.90 Å². The van der Waals surface area contributed by atoms with Gasteiger partial charge < -0.3 is 9.64 Å². The summed E-state index contributed by atoms with van der Waals surface area (Å²) in [4.78, 5) is 14.7. The molecule has 8 heteroatoms. The van der Waals surface area contributed by atoms with Crippen molar-refractivity contribution in [1.82, 2.24) is 25.1 Å². The summed E-state index contributed by atoms with van der Waals surface area (Å²) < 4.78 is 5.60. The molecule has 0 unspecified atom stereocenters. The number of aromatic nitrogens is 4. The van der Waals surface area contributed by atoms with Gasteiger partial charge in [0.2, 0.25) is 0 Å². The molecule has 3 heterocycles. The van der Waals surface area contributed by atoms with Gasteiger partial charge in [-0.2, -0.15) is 0 Å². The maximum Gasteiger partial charge on any atom is 0.293 e. The van der Waals surface area contributed by atoms with Crippen molar-refractivity contribution in [3.05, 3.63) is 23.1 Å². The largest absolute Gasteiger partial charge is 0.469 e. The van der Waals surface area contributed by atoms with Crippen LogP contribution in [-0.2, 0) is 5.41 Å². The van der Waals surface area contributed by atoms with E-state index in [4.69, 9.17) is 14.7 Å². The monoisotopic (exact) mass is 402 g/mol. The molecule has 28 heavy (non-hydrogen) atoms. The molecule has 2 aromatic heterocycles. The summed E-state index contributed by atoms with van der Waals surface area (Å²) in [5, 5.41) is 8.35. The second-order valence-electron chi connectivity index (χ2n) is 8.73. The molecular weight excluding hydrogens is 372 g/mol. The molecule has 2 aromatic rings. The lowest BCUT2D eigenvalue weighted by molar-refractivity contribution is 0.223. The predicted octanol–water partition coefficient (Wildman–Crippen LogP) is 3.09. The molecule has 0 atom stereocenters. The highest BCUT2D eigenvalue weighted by Gasteiger charge is 2.29. The van der Waals surface area contributed by atoms with Gasteiger partial charge in [0.05, 0.1) is 6.61 Å². The predicted molar refractivity (Wildman–Crippen MR) is 111 cm³/mol. The Bertz CT molecular complexity index is 763. The third-order valence-corrected chi connectivity index (χ3v) is 5.88. The molecule has 1 aliphatic heterocycles. The summed E-state index contributed by atoms with van der Waals surface area (Å²) in [5.41, 5.74) is 2.92. The molecular formula is C20H30N6OS. The minimum atomic E-state index is -0.0194. The van der Waals surface area contributed by atoms with Crippen molar-refractivity contribution in [3.63, 3.8) is 0 Å². The summed E-state index contributed by atoms with van der Waals surface area (Å²) in [6, 6.07) is 2.23. The van der Waals surface area contributed by atoms with E-state index in [1.807, 2.05) is 0 Å². The summed E-state index contributed by atoms with van der Waals surface area (Å²) in [7, 11) is 0. The lowest BCUT2D eigenvalue weighted by Crippen LogP contribution is -2.47. The van der Waals surface area contributed by atoms with Gasteiger partial charge in [-0.15, -0.1) is 10.2 Å². The van der Waals surface area contributed by atoms with Crippen molar-refractivity contribution >= 4 is 17.2 Å². The van der Waals surface area contributed by atoms with Crippen molar-refractivity contribution in [2.75, 3.05) is 44.2 Å². The number of anilines is 1. The van der Waals surface area contributed by atoms with Gasteiger partial charge in [0.1, 0.15) is 17.2 Å². The van der Waals surface area contributed by atoms with Gasteiger partial charge in [0, 0.05) is 55.8 Å². The first-order valence-corrected chi connectivity index (χ1v) is 11.1. The van der Waals surface area contributed by atoms with Crippen molar-refractivity contribution < 1.29 is 4.74 Å². The van der Waals surface area contributed by atoms with Crippen LogP contribution in [0.3, 0.4) is 0 Å². The zero-order valence-corrected chi connectivity index (χ0v) is 17.9. The summed E-state index contributed by atoms with van der Waals surface area (Å²) in [5.74, 6) is 2.74. The number of hydrogen-bond acceptors (Lipinski definition) is 8. The van der Waals surface area contributed by atoms with E-state index in [9.17, 15) is 0 Å². The normalized spacial score (nSPS) is 18.5. The number of ether oxygens (including phenoxy) is 1. The van der Waals surface area contributed by atoms with Crippen molar-refractivity contribution in [1.29, 1.82) is 0 Å². The van der Waals surface area contributed by atoms with Crippen LogP contribution in [0.4, 0.5) is 5.82 Å². The fourth-order valence-corrected chi connectivity index (χ4v) is 3.84. The van der Waals surface area contributed by atoms with Crippen molar-refractivity contribution in [2.45, 2.75) is 51.4 Å². The van der Waals surface area contributed by atoms with Gasteiger partial charge in [0.15, 0.2) is 0 Å². The van der Waals surface area contributed by atoms with Crippen molar-refractivity contribution in [3.8, 4) is 5.19 Å². The second kappa shape index (κ2) is 8.29. The second-order valence-corrected chi connectivity index (χ2v) is 9.53. The Morgan fingerprint density at radius 2 is 1.93 bits per heavy atom.